The van der Waals surface area contributed by atoms with E-state index in [1.54, 1.807) is 51.0 Å². The molecule has 1 atom stereocenters. The van der Waals surface area contributed by atoms with Crippen molar-refractivity contribution in [2.24, 2.45) is 0 Å². The number of benzene rings is 2. The lowest BCUT2D eigenvalue weighted by atomic mass is 9.95. The number of nitrogens with zero attached hydrogens (tertiary/aromatic N) is 2. The van der Waals surface area contributed by atoms with Gasteiger partial charge in [-0.15, -0.1) is 0 Å². The third-order valence-corrected chi connectivity index (χ3v) is 6.61. The van der Waals surface area contributed by atoms with Gasteiger partial charge in [-0.25, -0.2) is 4.79 Å². The minimum atomic E-state index is -2.58. The molecular formula is C28H31N3O10. The number of hydrogen-bond donors (Lipinski definition) is 2. The largest absolute Gasteiger partial charge is 0.496 e. The number of ketones is 1. The van der Waals surface area contributed by atoms with Crippen molar-refractivity contribution in [3.63, 3.8) is 0 Å². The van der Waals surface area contributed by atoms with Crippen molar-refractivity contribution in [2.75, 3.05) is 46.2 Å². The van der Waals surface area contributed by atoms with Crippen LogP contribution in [-0.4, -0.2) is 90.9 Å². The molecule has 4 rings (SSSR count). The molecule has 2 aromatic carbocycles. The Hall–Kier alpha value is -4.49. The zero-order valence-electron chi connectivity index (χ0n) is 23.4. The van der Waals surface area contributed by atoms with Crippen LogP contribution in [0, 0.1) is 0 Å². The Bertz CT molecular complexity index is 1430. The highest BCUT2D eigenvalue weighted by Crippen LogP contribution is 2.50. The molecular weight excluding hydrogens is 538 g/mol. The lowest BCUT2D eigenvalue weighted by molar-refractivity contribution is -0.168. The Labute approximate surface area is 235 Å². The molecule has 0 fully saturated rings. The summed E-state index contributed by atoms with van der Waals surface area (Å²) in [6, 6.07) is 5.93. The summed E-state index contributed by atoms with van der Waals surface area (Å²) in [6.45, 7) is 4.11. The van der Waals surface area contributed by atoms with Gasteiger partial charge in [0.05, 0.1) is 43.3 Å². The van der Waals surface area contributed by atoms with E-state index in [0.717, 1.165) is 0 Å². The van der Waals surface area contributed by atoms with E-state index in [1.165, 1.54) is 18.1 Å². The van der Waals surface area contributed by atoms with Gasteiger partial charge in [0, 0.05) is 13.1 Å². The molecule has 2 aliphatic heterocycles. The molecule has 2 heterocycles. The average Bonchev–Trinajstić information content (AvgIpc) is 2.91. The third kappa shape index (κ3) is 5.72. The van der Waals surface area contributed by atoms with Crippen LogP contribution in [0.3, 0.4) is 0 Å². The smallest absolute Gasteiger partial charge is 0.344 e. The van der Waals surface area contributed by atoms with E-state index in [0.29, 0.717) is 13.1 Å². The van der Waals surface area contributed by atoms with Crippen molar-refractivity contribution in [1.82, 2.24) is 9.80 Å². The summed E-state index contributed by atoms with van der Waals surface area (Å²) in [7, 11) is 4.83. The second-order valence-corrected chi connectivity index (χ2v) is 9.82. The molecule has 2 aromatic rings. The molecule has 41 heavy (non-hydrogen) atoms. The standard InChI is InChI=1S/C28H31N3O10/c1-6-31(7-2)26(35)15-11-19-23(29-16-9-8-10-18(38-5)22(16)17(32)14-30(3)4)25-24(15)40-21(34)13-28(37,27(36)41-25)12-20(33)39-19/h8-11,29,37H,6-7,12-14H2,1-5H3. The van der Waals surface area contributed by atoms with Crippen molar-refractivity contribution in [3.05, 3.63) is 35.4 Å². The highest BCUT2D eigenvalue weighted by Gasteiger charge is 2.48. The summed E-state index contributed by atoms with van der Waals surface area (Å²) < 4.78 is 22.1. The number of anilines is 2. The van der Waals surface area contributed by atoms with Crippen LogP contribution in [0.4, 0.5) is 11.4 Å². The zero-order valence-corrected chi connectivity index (χ0v) is 23.4. The van der Waals surface area contributed by atoms with E-state index < -0.39 is 53.8 Å². The lowest BCUT2D eigenvalue weighted by Crippen LogP contribution is -2.47. The normalized spacial score (nSPS) is 17.9. The SMILES string of the molecule is CCN(CC)C(=O)c1cc2c(Nc3cccc(OC)c3C(=O)CN(C)C)c3c1OC(=O)CC(O)(CC(=O)O2)C(=O)O3. The number of carbonyl (C=O) groups is 5. The summed E-state index contributed by atoms with van der Waals surface area (Å²) in [5.41, 5.74) is -2.66. The van der Waals surface area contributed by atoms with Gasteiger partial charge in [0.15, 0.2) is 22.9 Å². The van der Waals surface area contributed by atoms with Crippen molar-refractivity contribution >= 4 is 41.0 Å². The van der Waals surface area contributed by atoms with Gasteiger partial charge in [-0.2, -0.15) is 0 Å². The first-order valence-electron chi connectivity index (χ1n) is 12.9. The molecule has 218 valence electrons. The maximum atomic E-state index is 13.5. The molecule has 1 unspecified atom stereocenters. The Morgan fingerprint density at radius 1 is 1.02 bits per heavy atom. The number of esters is 3. The molecule has 1 amide bonds. The van der Waals surface area contributed by atoms with Gasteiger partial charge < -0.3 is 39.2 Å². The summed E-state index contributed by atoms with van der Waals surface area (Å²) >= 11 is 0. The fourth-order valence-electron chi connectivity index (χ4n) is 4.63. The number of Topliss-reactive ketones (excluding diaryl/α,β-unsaturated/α-hetero) is 1. The molecule has 13 nitrogen and oxygen atoms in total. The number of hydrogen-bond acceptors (Lipinski definition) is 12. The first-order valence-corrected chi connectivity index (χ1v) is 12.9. The lowest BCUT2D eigenvalue weighted by Gasteiger charge is -2.28. The fourth-order valence-corrected chi connectivity index (χ4v) is 4.63. The van der Waals surface area contributed by atoms with Crippen molar-refractivity contribution in [1.29, 1.82) is 0 Å². The number of aliphatic hydroxyl groups is 1. The van der Waals surface area contributed by atoms with Crippen LogP contribution in [0.15, 0.2) is 24.3 Å². The molecule has 3 bridgehead atoms. The van der Waals surface area contributed by atoms with E-state index in [-0.39, 0.29) is 46.3 Å². The second-order valence-electron chi connectivity index (χ2n) is 9.82. The average molecular weight is 570 g/mol. The molecule has 2 aliphatic rings. The molecule has 0 saturated heterocycles. The monoisotopic (exact) mass is 569 g/mol. The maximum absolute atomic E-state index is 13.5. The minimum Gasteiger partial charge on any atom is -0.496 e. The quantitative estimate of drug-likeness (QED) is 0.257. The Balaban J connectivity index is 2.02. The second kappa shape index (κ2) is 11.6. The number of methoxy groups -OCH3 is 1. The van der Waals surface area contributed by atoms with E-state index in [4.69, 9.17) is 18.9 Å². The van der Waals surface area contributed by atoms with Crippen LogP contribution in [0.2, 0.25) is 0 Å². The van der Waals surface area contributed by atoms with Gasteiger partial charge in [0.2, 0.25) is 5.75 Å². The van der Waals surface area contributed by atoms with E-state index in [2.05, 4.69) is 5.32 Å². The van der Waals surface area contributed by atoms with Crippen LogP contribution in [0.25, 0.3) is 0 Å². The van der Waals surface area contributed by atoms with Gasteiger partial charge in [-0.3, -0.25) is 19.2 Å². The number of nitrogens with one attached hydrogen (secondary N) is 1. The number of ether oxygens (including phenoxy) is 4. The zero-order chi connectivity index (χ0) is 30.1. The van der Waals surface area contributed by atoms with E-state index >= 15 is 0 Å². The number of amides is 1. The molecule has 13 heteroatoms. The summed E-state index contributed by atoms with van der Waals surface area (Å²) in [6.07, 6.45) is -1.83. The minimum absolute atomic E-state index is 0.0198. The van der Waals surface area contributed by atoms with Crippen LogP contribution in [-0.2, 0) is 14.4 Å². The number of fused-ring (bicyclic) bond motifs is 3. The number of carbonyl (C=O) groups excluding carboxylic acids is 5. The number of likely N-dealkylation sites (N-methyl/N-ethyl adjacent to an activating group) is 1. The molecule has 0 aliphatic carbocycles. The molecule has 0 saturated carbocycles. The highest BCUT2D eigenvalue weighted by atomic mass is 16.6. The highest BCUT2D eigenvalue weighted by molar-refractivity contribution is 6.08. The molecule has 0 spiro atoms. The van der Waals surface area contributed by atoms with Crippen LogP contribution in [0.5, 0.6) is 23.0 Å². The molecule has 0 radical (unpaired) electrons. The topological polar surface area (TPSA) is 161 Å². The van der Waals surface area contributed by atoms with Crippen LogP contribution in [0.1, 0.15) is 47.4 Å². The Morgan fingerprint density at radius 2 is 1.68 bits per heavy atom. The summed E-state index contributed by atoms with van der Waals surface area (Å²) in [5.74, 6) is -5.27. The fraction of sp³-hybridized carbons (Fsp3) is 0.393. The van der Waals surface area contributed by atoms with Crippen LogP contribution < -0.4 is 24.3 Å². The first kappa shape index (κ1) is 29.5. The molecule has 2 N–H and O–H groups in total. The Kier molecular flexibility index (Phi) is 8.31. The van der Waals surface area contributed by atoms with E-state index in [9.17, 15) is 29.1 Å². The number of rotatable bonds is 9. The van der Waals surface area contributed by atoms with Gasteiger partial charge in [-0.05, 0) is 46.1 Å². The van der Waals surface area contributed by atoms with Gasteiger partial charge in [0.25, 0.3) is 5.91 Å². The van der Waals surface area contributed by atoms with Gasteiger partial charge in [-0.1, -0.05) is 6.07 Å². The third-order valence-electron chi connectivity index (χ3n) is 6.61. The predicted molar refractivity (Wildman–Crippen MR) is 144 cm³/mol. The predicted octanol–water partition coefficient (Wildman–Crippen LogP) is 1.92. The van der Waals surface area contributed by atoms with E-state index in [1.807, 2.05) is 0 Å². The summed E-state index contributed by atoms with van der Waals surface area (Å²) in [4.78, 5) is 68.9. The van der Waals surface area contributed by atoms with Crippen LogP contribution >= 0.6 is 0 Å². The van der Waals surface area contributed by atoms with Gasteiger partial charge >= 0.3 is 17.9 Å². The van der Waals surface area contributed by atoms with Crippen molar-refractivity contribution in [3.8, 4) is 23.0 Å². The maximum Gasteiger partial charge on any atom is 0.344 e. The Morgan fingerprint density at radius 3 is 2.29 bits per heavy atom. The van der Waals surface area contributed by atoms with Crippen molar-refractivity contribution < 1.29 is 48.0 Å². The molecule has 0 aromatic heterocycles. The summed E-state index contributed by atoms with van der Waals surface area (Å²) in [5, 5.41) is 13.9. The first-order chi connectivity index (χ1) is 19.4. The van der Waals surface area contributed by atoms with Gasteiger partial charge in [0.1, 0.15) is 11.4 Å². The van der Waals surface area contributed by atoms with Crippen molar-refractivity contribution in [2.45, 2.75) is 32.3 Å².